The van der Waals surface area contributed by atoms with Gasteiger partial charge >= 0.3 is 6.09 Å². The van der Waals surface area contributed by atoms with E-state index < -0.39 is 6.09 Å². The molecule has 142 valence electrons. The first kappa shape index (κ1) is 18.8. The van der Waals surface area contributed by atoms with Gasteiger partial charge in [-0.25, -0.2) is 9.69 Å². The lowest BCUT2D eigenvalue weighted by atomic mass is 10.0. The molecule has 1 fully saturated rings. The summed E-state index contributed by atoms with van der Waals surface area (Å²) < 4.78 is 15.6. The van der Waals surface area contributed by atoms with Crippen LogP contribution in [0.25, 0.3) is 0 Å². The summed E-state index contributed by atoms with van der Waals surface area (Å²) >= 11 is 0. The maximum Gasteiger partial charge on any atom is 0.416 e. The smallest absolute Gasteiger partial charge is 0.416 e. The lowest BCUT2D eigenvalue weighted by Gasteiger charge is -2.19. The van der Waals surface area contributed by atoms with E-state index >= 15 is 0 Å². The van der Waals surface area contributed by atoms with Crippen LogP contribution in [0.3, 0.4) is 0 Å². The molecule has 0 saturated carbocycles. The number of carbonyl (C=O) groups is 2. The van der Waals surface area contributed by atoms with Gasteiger partial charge < -0.3 is 14.2 Å². The number of imide groups is 1. The van der Waals surface area contributed by atoms with E-state index in [0.29, 0.717) is 24.3 Å². The highest BCUT2D eigenvalue weighted by molar-refractivity contribution is 5.93. The first-order valence-electron chi connectivity index (χ1n) is 8.86. The fourth-order valence-electron chi connectivity index (χ4n) is 3.21. The third kappa shape index (κ3) is 4.39. The van der Waals surface area contributed by atoms with Crippen molar-refractivity contribution in [2.45, 2.75) is 25.3 Å². The van der Waals surface area contributed by atoms with Crippen molar-refractivity contribution >= 4 is 12.0 Å². The van der Waals surface area contributed by atoms with E-state index in [4.69, 9.17) is 14.2 Å². The highest BCUT2D eigenvalue weighted by atomic mass is 16.6. The first-order chi connectivity index (χ1) is 13.1. The fraction of sp³-hybridized carbons (Fsp3) is 0.333. The normalized spacial score (nSPS) is 16.1. The van der Waals surface area contributed by atoms with Crippen molar-refractivity contribution in [2.24, 2.45) is 0 Å². The summed E-state index contributed by atoms with van der Waals surface area (Å²) in [5.74, 6) is 1.02. The van der Waals surface area contributed by atoms with Crippen molar-refractivity contribution in [3.8, 4) is 11.5 Å². The number of amides is 2. The molecule has 1 heterocycles. The Morgan fingerprint density at radius 2 is 1.81 bits per heavy atom. The largest absolute Gasteiger partial charge is 0.493 e. The highest BCUT2D eigenvalue weighted by Crippen LogP contribution is 2.28. The summed E-state index contributed by atoms with van der Waals surface area (Å²) in [5, 5.41) is 0. The zero-order valence-corrected chi connectivity index (χ0v) is 15.5. The molecule has 6 nitrogen and oxygen atoms in total. The van der Waals surface area contributed by atoms with Crippen molar-refractivity contribution in [3.05, 3.63) is 59.7 Å². The van der Waals surface area contributed by atoms with Crippen molar-refractivity contribution in [1.29, 1.82) is 0 Å². The molecule has 27 heavy (non-hydrogen) atoms. The van der Waals surface area contributed by atoms with Crippen LogP contribution in [-0.2, 0) is 22.4 Å². The molecule has 0 radical (unpaired) electrons. The van der Waals surface area contributed by atoms with Gasteiger partial charge in [0.2, 0.25) is 5.91 Å². The molecule has 1 saturated heterocycles. The van der Waals surface area contributed by atoms with Crippen molar-refractivity contribution in [1.82, 2.24) is 4.90 Å². The first-order valence-corrected chi connectivity index (χ1v) is 8.86. The topological polar surface area (TPSA) is 65.1 Å². The van der Waals surface area contributed by atoms with Gasteiger partial charge in [0.1, 0.15) is 6.61 Å². The molecule has 0 unspecified atom stereocenters. The average Bonchev–Trinajstić information content (AvgIpc) is 3.06. The van der Waals surface area contributed by atoms with Crippen LogP contribution in [0.4, 0.5) is 4.79 Å². The standard InChI is InChI=1S/C21H23NO5/c1-25-18-10-8-16(13-19(18)26-2)9-11-20(23)22-17(14-27-21(22)24)12-15-6-4-3-5-7-15/h3-8,10,13,17H,9,11-12,14H2,1-2H3/t17-/m0/s1. The van der Waals surface area contributed by atoms with Gasteiger partial charge in [0.05, 0.1) is 20.3 Å². The number of hydrogen-bond acceptors (Lipinski definition) is 5. The molecular formula is C21H23NO5. The molecule has 3 rings (SSSR count). The van der Waals surface area contributed by atoms with Crippen LogP contribution in [-0.4, -0.2) is 43.8 Å². The number of nitrogens with zero attached hydrogens (tertiary/aromatic N) is 1. The Morgan fingerprint density at radius 3 is 2.52 bits per heavy atom. The molecular weight excluding hydrogens is 346 g/mol. The lowest BCUT2D eigenvalue weighted by Crippen LogP contribution is -2.40. The van der Waals surface area contributed by atoms with Crippen LogP contribution in [0.2, 0.25) is 0 Å². The van der Waals surface area contributed by atoms with Crippen molar-refractivity contribution in [2.75, 3.05) is 20.8 Å². The average molecular weight is 369 g/mol. The van der Waals surface area contributed by atoms with E-state index in [1.165, 1.54) is 4.90 Å². The van der Waals surface area contributed by atoms with Crippen molar-refractivity contribution < 1.29 is 23.8 Å². The second-order valence-electron chi connectivity index (χ2n) is 6.37. The number of ether oxygens (including phenoxy) is 3. The maximum absolute atomic E-state index is 12.7. The van der Waals surface area contributed by atoms with E-state index in [9.17, 15) is 9.59 Å². The van der Waals surface area contributed by atoms with Gasteiger partial charge in [-0.2, -0.15) is 0 Å². The Balaban J connectivity index is 1.64. The molecule has 0 N–H and O–H groups in total. The number of carbonyl (C=O) groups excluding carboxylic acids is 2. The summed E-state index contributed by atoms with van der Waals surface area (Å²) in [4.78, 5) is 26.0. The SMILES string of the molecule is COc1ccc(CCC(=O)N2C(=O)OC[C@@H]2Cc2ccccc2)cc1OC. The number of benzene rings is 2. The zero-order chi connectivity index (χ0) is 19.2. The molecule has 1 aliphatic rings. The monoisotopic (exact) mass is 369 g/mol. The van der Waals surface area contributed by atoms with Crippen molar-refractivity contribution in [3.63, 3.8) is 0 Å². The van der Waals surface area contributed by atoms with Gasteiger partial charge in [-0.3, -0.25) is 4.79 Å². The van der Waals surface area contributed by atoms with Crippen LogP contribution >= 0.6 is 0 Å². The third-order valence-corrected chi connectivity index (χ3v) is 4.62. The molecule has 6 heteroatoms. The molecule has 0 aliphatic carbocycles. The van der Waals surface area contributed by atoms with E-state index in [1.54, 1.807) is 20.3 Å². The summed E-state index contributed by atoms with van der Waals surface area (Å²) in [6.07, 6.45) is 0.749. The summed E-state index contributed by atoms with van der Waals surface area (Å²) in [6, 6.07) is 15.1. The molecule has 2 amide bonds. The van der Waals surface area contributed by atoms with Crippen LogP contribution in [0.5, 0.6) is 11.5 Å². The maximum atomic E-state index is 12.7. The molecule has 0 bridgehead atoms. The van der Waals surface area contributed by atoms with Crippen LogP contribution in [0.15, 0.2) is 48.5 Å². The molecule has 0 aromatic heterocycles. The molecule has 2 aromatic carbocycles. The fourth-order valence-corrected chi connectivity index (χ4v) is 3.21. The second-order valence-corrected chi connectivity index (χ2v) is 6.37. The molecule has 0 spiro atoms. The minimum absolute atomic E-state index is 0.218. The Kier molecular flexibility index (Phi) is 5.96. The van der Waals surface area contributed by atoms with Gasteiger partial charge in [0.15, 0.2) is 11.5 Å². The van der Waals surface area contributed by atoms with Gasteiger partial charge in [-0.15, -0.1) is 0 Å². The van der Waals surface area contributed by atoms with Crippen LogP contribution < -0.4 is 9.47 Å². The van der Waals surface area contributed by atoms with E-state index in [2.05, 4.69) is 0 Å². The molecule has 2 aromatic rings. The van der Waals surface area contributed by atoms with Crippen LogP contribution in [0, 0.1) is 0 Å². The number of hydrogen-bond donors (Lipinski definition) is 0. The predicted octanol–water partition coefficient (Wildman–Crippen LogP) is 3.23. The minimum atomic E-state index is -0.562. The molecule has 1 atom stereocenters. The highest BCUT2D eigenvalue weighted by Gasteiger charge is 2.37. The van der Waals surface area contributed by atoms with Crippen LogP contribution in [0.1, 0.15) is 17.5 Å². The summed E-state index contributed by atoms with van der Waals surface area (Å²) in [6.45, 7) is 0.232. The van der Waals surface area contributed by atoms with E-state index in [0.717, 1.165) is 11.1 Å². The number of rotatable bonds is 7. The van der Waals surface area contributed by atoms with E-state index in [1.807, 2.05) is 42.5 Å². The zero-order valence-electron chi connectivity index (χ0n) is 15.5. The Morgan fingerprint density at radius 1 is 1.07 bits per heavy atom. The van der Waals surface area contributed by atoms with E-state index in [-0.39, 0.29) is 25.0 Å². The summed E-state index contributed by atoms with van der Waals surface area (Å²) in [5.41, 5.74) is 2.01. The lowest BCUT2D eigenvalue weighted by molar-refractivity contribution is -0.129. The molecule has 1 aliphatic heterocycles. The van der Waals surface area contributed by atoms with Gasteiger partial charge in [0, 0.05) is 6.42 Å². The van der Waals surface area contributed by atoms with Gasteiger partial charge in [0.25, 0.3) is 0 Å². The Labute approximate surface area is 158 Å². The quantitative estimate of drug-likeness (QED) is 0.750. The number of cyclic esters (lactones) is 1. The second kappa shape index (κ2) is 8.58. The third-order valence-electron chi connectivity index (χ3n) is 4.62. The number of aryl methyl sites for hydroxylation is 1. The Bertz CT molecular complexity index is 805. The summed E-state index contributed by atoms with van der Waals surface area (Å²) in [7, 11) is 3.15. The van der Waals surface area contributed by atoms with Gasteiger partial charge in [-0.1, -0.05) is 36.4 Å². The number of methoxy groups -OCH3 is 2. The predicted molar refractivity (Wildman–Crippen MR) is 100.0 cm³/mol. The Hall–Kier alpha value is -3.02. The minimum Gasteiger partial charge on any atom is -0.493 e. The van der Waals surface area contributed by atoms with Gasteiger partial charge in [-0.05, 0) is 36.1 Å².